The molecule has 6 heterocycles. The van der Waals surface area contributed by atoms with Crippen LogP contribution in [0, 0.1) is 65.4 Å². The topological polar surface area (TPSA) is 274 Å². The summed E-state index contributed by atoms with van der Waals surface area (Å²) in [6.07, 6.45) is 15.2. The SMILES string of the molecule is C.CCOS(=O)(=O)[N-]c1ccccc1-c1ccccn1.Cc1c(F)c(F)c(F)c(S(=O)(=O)[N-]c2ccccc2-c2ccccn2)c1F.Cc1ccc(S(=O)(=O)[N-]c2ccccc2-c2ccccn2)c([N+](=O)[O-])c1.[Pd+2].[Pd+2].[Pd+2].[c-]1ccccc1.[c-]1ccccc1.[c-]1ccccc1.c1ccncc1.c1ccncc1.c1ccncc1. The first-order valence-corrected chi connectivity index (χ1v) is 36.4. The maximum atomic E-state index is 14.2. The molecule has 0 atom stereocenters. The van der Waals surface area contributed by atoms with E-state index < -0.39 is 79.6 Å². The van der Waals surface area contributed by atoms with Crippen LogP contribution in [0.3, 0.4) is 0 Å². The van der Waals surface area contributed by atoms with Crippen molar-refractivity contribution in [2.24, 2.45) is 0 Å². The van der Waals surface area contributed by atoms with Crippen molar-refractivity contribution >= 4 is 53.1 Å². The van der Waals surface area contributed by atoms with E-state index in [0.717, 1.165) is 6.92 Å². The molecule has 0 radical (unpaired) electrons. The maximum Gasteiger partial charge on any atom is 2.00 e. The predicted octanol–water partition coefficient (Wildman–Crippen LogP) is 20.7. The minimum absolute atomic E-state index is 0. The summed E-state index contributed by atoms with van der Waals surface area (Å²) in [6.45, 7) is 4.10. The van der Waals surface area contributed by atoms with E-state index in [2.05, 4.69) is 66.5 Å². The van der Waals surface area contributed by atoms with Crippen LogP contribution < -0.4 is 0 Å². The van der Waals surface area contributed by atoms with Crippen molar-refractivity contribution < 1.29 is 113 Å². The molecule has 0 saturated carbocycles. The van der Waals surface area contributed by atoms with Crippen LogP contribution in [0.5, 0.6) is 0 Å². The molecule has 0 unspecified atom stereocenters. The van der Waals surface area contributed by atoms with Gasteiger partial charge in [0.1, 0.15) is 35.7 Å². The van der Waals surface area contributed by atoms with Crippen molar-refractivity contribution in [1.29, 1.82) is 0 Å². The summed E-state index contributed by atoms with van der Waals surface area (Å²) in [7, 11) is -13.2. The number of aryl methyl sites for hydroxylation is 1. The molecule has 19 nitrogen and oxygen atoms in total. The van der Waals surface area contributed by atoms with Crippen LogP contribution in [0.25, 0.3) is 47.9 Å². The van der Waals surface area contributed by atoms with E-state index in [1.807, 2.05) is 152 Å². The maximum absolute atomic E-state index is 14.2. The standard InChI is InChI=1S/C18H11F4N2O2S.C18H14N3O4S.C13H13N2O3S.3C6H5.3C5H5N.CH4.3Pd/c1-10-14(19)16(21)17(22)18(15(10)20)27(25,26)24-13-8-3-2-6-11(13)12-7-4-5-9-23-12;1-13-9-10-18(17(12-13)21(22)23)26(24,25)20-16-8-3-2-6-14(16)15-7-4-5-11-19-15;1-2-18-19(16,17)15-13-9-4-3-7-11(13)12-8-5-6-10-14-12;6*1-2-4-6-5-3-1;;;;/h2-9H,1H3;2-12H,1H3;3-10H,2H2,1H3;6*1-5H;1H4;;;/q6*-1;;;;;3*+2. The average molecular weight is 1850 g/mol. The first-order valence-electron chi connectivity index (χ1n) is 32.2. The Kier molecular flexibility index (Phi) is 46.6. The van der Waals surface area contributed by atoms with Crippen molar-refractivity contribution in [3.05, 3.63) is 424 Å². The second-order valence-corrected chi connectivity index (χ2v) is 25.4. The monoisotopic (exact) mass is 1840 g/mol. The third kappa shape index (κ3) is 34.5. The number of hydrogen-bond acceptors (Lipinski definition) is 15. The molecule has 0 bridgehead atoms. The average Bonchev–Trinajstić information content (AvgIpc) is 0.766. The quantitative estimate of drug-likeness (QED) is 0.0186. The van der Waals surface area contributed by atoms with Crippen molar-refractivity contribution in [1.82, 2.24) is 29.9 Å². The van der Waals surface area contributed by atoms with Crippen LogP contribution in [-0.2, 0) is 95.8 Å². The van der Waals surface area contributed by atoms with Crippen molar-refractivity contribution in [2.75, 3.05) is 6.61 Å². The Bertz CT molecular complexity index is 4830. The fraction of sp³-hybridized carbons (Fsp3) is 0.0602. The summed E-state index contributed by atoms with van der Waals surface area (Å²) in [5.41, 5.74) is 2.49. The largest absolute Gasteiger partial charge is 2.00 e. The summed E-state index contributed by atoms with van der Waals surface area (Å²) < 4.78 is 144. The molecule has 0 aliphatic heterocycles. The molecule has 584 valence electrons. The number of nitro groups is 1. The van der Waals surface area contributed by atoms with E-state index in [9.17, 15) is 52.9 Å². The Hall–Kier alpha value is -11.0. The van der Waals surface area contributed by atoms with Gasteiger partial charge in [0.2, 0.25) is 10.3 Å². The van der Waals surface area contributed by atoms with E-state index in [1.54, 1.807) is 160 Å². The Labute approximate surface area is 692 Å². The molecule has 8 aromatic carbocycles. The molecular formula is C83H72F4N10O9Pd3S3. The zero-order chi connectivity index (χ0) is 77.7. The van der Waals surface area contributed by atoms with Gasteiger partial charge in [0.05, 0.1) is 28.6 Å². The number of halogens is 4. The number of pyridine rings is 6. The minimum Gasteiger partial charge on any atom is -0.572 e. The molecule has 6 aromatic heterocycles. The normalized spacial score (nSPS) is 9.81. The molecule has 29 heteroatoms. The van der Waals surface area contributed by atoms with Gasteiger partial charge in [-0.15, -0.1) is 17.1 Å². The summed E-state index contributed by atoms with van der Waals surface area (Å²) >= 11 is 0. The van der Waals surface area contributed by atoms with Crippen molar-refractivity contribution in [3.63, 3.8) is 0 Å². The molecule has 0 amide bonds. The van der Waals surface area contributed by atoms with Gasteiger partial charge >= 0.3 is 61.3 Å². The molecule has 0 aliphatic carbocycles. The molecule has 0 N–H and O–H groups in total. The van der Waals surface area contributed by atoms with E-state index in [-0.39, 0.29) is 92.2 Å². The Balaban J connectivity index is 0.000000460. The zero-order valence-electron chi connectivity index (χ0n) is 58.9. The summed E-state index contributed by atoms with van der Waals surface area (Å²) in [5.74, 6) is -7.77. The van der Waals surface area contributed by atoms with Crippen LogP contribution in [0.4, 0.5) is 40.3 Å². The summed E-state index contributed by atoms with van der Waals surface area (Å²) in [4.78, 5) is 32.3. The van der Waals surface area contributed by atoms with E-state index >= 15 is 0 Å². The van der Waals surface area contributed by atoms with Gasteiger partial charge in [-0.1, -0.05) is 123 Å². The fourth-order valence-electron chi connectivity index (χ4n) is 8.43. The molecule has 0 aliphatic rings. The van der Waals surface area contributed by atoms with Crippen LogP contribution in [0.1, 0.15) is 25.5 Å². The van der Waals surface area contributed by atoms with Crippen molar-refractivity contribution in [2.45, 2.75) is 38.0 Å². The second-order valence-electron chi connectivity index (χ2n) is 21.0. The van der Waals surface area contributed by atoms with Gasteiger partial charge < -0.3 is 14.2 Å². The number of sulfonamides is 2. The Morgan fingerprint density at radius 2 is 0.714 bits per heavy atom. The Morgan fingerprint density at radius 3 is 1.00 bits per heavy atom. The molecule has 14 aromatic rings. The molecule has 14 rings (SSSR count). The number of hydrogen-bond donors (Lipinski definition) is 0. The number of benzene rings is 8. The van der Waals surface area contributed by atoms with Crippen LogP contribution in [-0.4, -0.2) is 66.7 Å². The van der Waals surface area contributed by atoms with E-state index in [0.29, 0.717) is 39.5 Å². The first kappa shape index (κ1) is 97.1. The van der Waals surface area contributed by atoms with Crippen molar-refractivity contribution in [3.8, 4) is 33.8 Å². The van der Waals surface area contributed by atoms with Gasteiger partial charge in [-0.2, -0.15) is 109 Å². The van der Waals surface area contributed by atoms with Gasteiger partial charge in [-0.25, -0.2) is 42.8 Å². The van der Waals surface area contributed by atoms with Gasteiger partial charge in [0, 0.05) is 67.4 Å². The Morgan fingerprint density at radius 1 is 0.393 bits per heavy atom. The smallest absolute Gasteiger partial charge is 0.572 e. The summed E-state index contributed by atoms with van der Waals surface area (Å²) in [6, 6.07) is 93.5. The number of nitrogens with zero attached hydrogens (tertiary/aromatic N) is 10. The number of rotatable bonds is 14. The summed E-state index contributed by atoms with van der Waals surface area (Å²) in [5, 5.41) is 11.3. The van der Waals surface area contributed by atoms with Crippen LogP contribution in [0.15, 0.2) is 357 Å². The molecule has 112 heavy (non-hydrogen) atoms. The van der Waals surface area contributed by atoms with E-state index in [4.69, 9.17) is 0 Å². The minimum atomic E-state index is -5.03. The third-order valence-corrected chi connectivity index (χ3v) is 16.9. The molecule has 0 spiro atoms. The third-order valence-electron chi connectivity index (χ3n) is 13.3. The first-order chi connectivity index (χ1) is 52.2. The molecular weight excluding hydrogens is 1770 g/mol. The van der Waals surface area contributed by atoms with Gasteiger partial charge in [0.15, 0.2) is 17.5 Å². The van der Waals surface area contributed by atoms with E-state index in [1.165, 1.54) is 48.7 Å². The fourth-order valence-corrected chi connectivity index (χ4v) is 11.5. The molecule has 0 saturated heterocycles. The van der Waals surface area contributed by atoms with Gasteiger partial charge in [0.25, 0.3) is 5.69 Å². The second kappa shape index (κ2) is 53.8. The van der Waals surface area contributed by atoms with Gasteiger partial charge in [-0.3, -0.25) is 44.2 Å². The number of nitro benzene ring substituents is 1. The van der Waals surface area contributed by atoms with Crippen LogP contribution in [0.2, 0.25) is 0 Å². The predicted molar refractivity (Wildman–Crippen MR) is 417 cm³/mol. The molecule has 0 fully saturated rings. The number of aromatic nitrogens is 6. The van der Waals surface area contributed by atoms with Crippen LogP contribution >= 0.6 is 0 Å². The zero-order valence-corrected chi connectivity index (χ0v) is 66.1. The van der Waals surface area contributed by atoms with Gasteiger partial charge in [-0.05, 0) is 122 Å².